The third-order valence-electron chi connectivity index (χ3n) is 1.40. The van der Waals surface area contributed by atoms with E-state index < -0.39 is 11.9 Å². The van der Waals surface area contributed by atoms with Crippen molar-refractivity contribution in [3.8, 4) is 0 Å². The molecule has 0 saturated carbocycles. The molecule has 0 rings (SSSR count). The predicted molar refractivity (Wildman–Crippen MR) is 51.0 cm³/mol. The van der Waals surface area contributed by atoms with E-state index in [1.807, 2.05) is 0 Å². The largest absolute Gasteiger partial charge is 0.336 e. The fraction of sp³-hybridized carbons (Fsp3) is 0.500. The molecule has 0 aromatic rings. The summed E-state index contributed by atoms with van der Waals surface area (Å²) in [5.41, 5.74) is 0. The molecular weight excluding hydrogens is 216 g/mol. The number of unbranched alkanes of at least 4 members (excludes halogenated alkanes) is 1. The van der Waals surface area contributed by atoms with Gasteiger partial charge in [0, 0.05) is 12.8 Å². The maximum absolute atomic E-state index is 10.8. The fourth-order valence-electron chi connectivity index (χ4n) is 0.777. The molecule has 0 aliphatic rings. The van der Waals surface area contributed by atoms with E-state index in [1.165, 1.54) is 0 Å². The highest BCUT2D eigenvalue weighted by Gasteiger charge is 2.05. The number of carbonyl (C=O) groups excluding carboxylic acids is 2. The van der Waals surface area contributed by atoms with Crippen molar-refractivity contribution in [2.24, 2.45) is 10.3 Å². The van der Waals surface area contributed by atoms with Crippen molar-refractivity contribution in [3.63, 3.8) is 0 Å². The Kier molecular flexibility index (Phi) is 7.93. The van der Waals surface area contributed by atoms with Gasteiger partial charge in [-0.3, -0.25) is 0 Å². The summed E-state index contributed by atoms with van der Waals surface area (Å²) in [4.78, 5) is 30.0. The zero-order valence-corrected chi connectivity index (χ0v) is 8.36. The normalized spacial score (nSPS) is 8.25. The van der Waals surface area contributed by atoms with E-state index in [0.29, 0.717) is 12.8 Å². The molecule has 86 valence electrons. The Bertz CT molecular complexity index is 308. The summed E-state index contributed by atoms with van der Waals surface area (Å²) >= 11 is 0. The van der Waals surface area contributed by atoms with E-state index in [9.17, 15) is 9.59 Å². The van der Waals surface area contributed by atoms with Crippen molar-refractivity contribution in [1.82, 2.24) is 0 Å². The maximum atomic E-state index is 10.8. The first-order valence-electron chi connectivity index (χ1n) is 4.34. The lowest BCUT2D eigenvalue weighted by Gasteiger charge is -1.97. The van der Waals surface area contributed by atoms with Gasteiger partial charge in [0.15, 0.2) is 0 Å². The van der Waals surface area contributed by atoms with E-state index in [-0.39, 0.29) is 12.8 Å². The van der Waals surface area contributed by atoms with Crippen LogP contribution in [-0.4, -0.2) is 24.0 Å². The lowest BCUT2D eigenvalue weighted by atomic mass is 10.2. The molecule has 0 bridgehead atoms. The zero-order chi connectivity index (χ0) is 12.2. The van der Waals surface area contributed by atoms with E-state index >= 15 is 0 Å². The number of rotatable bonds is 7. The average molecular weight is 226 g/mol. The van der Waals surface area contributed by atoms with Gasteiger partial charge in [0.25, 0.3) is 0 Å². The molecule has 8 heteroatoms. The van der Waals surface area contributed by atoms with Gasteiger partial charge in [-0.2, -0.15) is 0 Å². The highest BCUT2D eigenvalue weighted by atomic mass is 16.7. The third-order valence-corrected chi connectivity index (χ3v) is 1.40. The second-order valence-electron chi connectivity index (χ2n) is 2.54. The van der Waals surface area contributed by atoms with Crippen LogP contribution in [-0.2, 0) is 19.3 Å². The van der Waals surface area contributed by atoms with Crippen molar-refractivity contribution in [2.45, 2.75) is 25.7 Å². The fourth-order valence-corrected chi connectivity index (χ4v) is 0.777. The van der Waals surface area contributed by atoms with E-state index in [0.717, 1.165) is 0 Å². The molecule has 0 aliphatic carbocycles. The number of nitrogens with zero attached hydrogens (tertiary/aromatic N) is 2. The summed E-state index contributed by atoms with van der Waals surface area (Å²) < 4.78 is 0. The molecule has 0 heterocycles. The van der Waals surface area contributed by atoms with Crippen LogP contribution in [0.3, 0.4) is 0 Å². The molecule has 2 N–H and O–H groups in total. The molecule has 0 aromatic heterocycles. The average Bonchev–Trinajstić information content (AvgIpc) is 2.29. The monoisotopic (exact) mass is 226 g/mol. The summed E-state index contributed by atoms with van der Waals surface area (Å²) in [6.45, 7) is 0. The lowest BCUT2D eigenvalue weighted by molar-refractivity contribution is -0.145. The van der Waals surface area contributed by atoms with Gasteiger partial charge in [-0.05, 0) is 23.2 Å². The summed E-state index contributed by atoms with van der Waals surface area (Å²) in [7, 11) is 0. The molecule has 16 heavy (non-hydrogen) atoms. The molecule has 0 unspecified atom stereocenters. The molecule has 0 aromatic carbocycles. The Morgan fingerprint density at radius 2 is 1.31 bits per heavy atom. The second-order valence-corrected chi connectivity index (χ2v) is 2.54. The summed E-state index contributed by atoms with van der Waals surface area (Å²) in [6, 6.07) is 3.10. The summed E-state index contributed by atoms with van der Waals surface area (Å²) in [5, 5.41) is 18.4. The number of hydrogen-bond acceptors (Lipinski definition) is 8. The highest BCUT2D eigenvalue weighted by molar-refractivity contribution is 5.70. The molecular formula is C8H10N4O4. The van der Waals surface area contributed by atoms with Crippen LogP contribution in [0.25, 0.3) is 0 Å². The van der Waals surface area contributed by atoms with Crippen LogP contribution in [0.1, 0.15) is 25.7 Å². The Labute approximate surface area is 90.9 Å². The van der Waals surface area contributed by atoms with Crippen molar-refractivity contribution < 1.29 is 19.3 Å². The van der Waals surface area contributed by atoms with Gasteiger partial charge < -0.3 is 9.68 Å². The SMILES string of the molecule is N=C=NOC(=O)CCCCC(=O)ON=C=N. The third kappa shape index (κ3) is 8.31. The van der Waals surface area contributed by atoms with Gasteiger partial charge in [0.05, 0.1) is 0 Å². The molecule has 0 fully saturated rings. The van der Waals surface area contributed by atoms with Crippen molar-refractivity contribution >= 4 is 24.0 Å². The Hall–Kier alpha value is -2.30. The Morgan fingerprint density at radius 1 is 0.938 bits per heavy atom. The molecule has 0 atom stereocenters. The number of nitrogens with one attached hydrogen (secondary N) is 2. The molecule has 0 amide bonds. The Morgan fingerprint density at radius 3 is 1.62 bits per heavy atom. The minimum absolute atomic E-state index is 0.0896. The predicted octanol–water partition coefficient (Wildman–Crippen LogP) is 0.969. The maximum Gasteiger partial charge on any atom is 0.336 e. The first kappa shape index (κ1) is 13.7. The van der Waals surface area contributed by atoms with Crippen LogP contribution in [0.15, 0.2) is 10.3 Å². The standard InChI is InChI=1S/C8H10N4O4/c9-5-11-15-7(13)3-1-2-4-8(14)16-12-6-10/h9-10H,1-4H2. The van der Waals surface area contributed by atoms with E-state index in [4.69, 9.17) is 10.8 Å². The van der Waals surface area contributed by atoms with Crippen LogP contribution in [0.5, 0.6) is 0 Å². The van der Waals surface area contributed by atoms with Gasteiger partial charge in [0.2, 0.25) is 0 Å². The number of carbonyl (C=O) groups is 2. The minimum atomic E-state index is -0.592. The van der Waals surface area contributed by atoms with Crippen LogP contribution >= 0.6 is 0 Å². The molecule has 0 spiro atoms. The minimum Gasteiger partial charge on any atom is -0.308 e. The second kappa shape index (κ2) is 9.26. The van der Waals surface area contributed by atoms with Gasteiger partial charge in [-0.25, -0.2) is 20.4 Å². The van der Waals surface area contributed by atoms with Gasteiger partial charge >= 0.3 is 11.9 Å². The van der Waals surface area contributed by atoms with E-state index in [2.05, 4.69) is 20.0 Å². The topological polar surface area (TPSA) is 125 Å². The molecule has 0 saturated heterocycles. The first-order valence-corrected chi connectivity index (χ1v) is 4.34. The smallest absolute Gasteiger partial charge is 0.308 e. The number of hydrogen-bond donors (Lipinski definition) is 2. The first-order chi connectivity index (χ1) is 7.70. The van der Waals surface area contributed by atoms with Crippen molar-refractivity contribution in [1.29, 1.82) is 10.8 Å². The van der Waals surface area contributed by atoms with E-state index in [1.54, 1.807) is 12.0 Å². The Balaban J connectivity index is 3.52. The summed E-state index contributed by atoms with van der Waals surface area (Å²) in [5.74, 6) is -1.18. The molecule has 0 radical (unpaired) electrons. The van der Waals surface area contributed by atoms with Crippen LogP contribution < -0.4 is 0 Å². The quantitative estimate of drug-likeness (QED) is 0.290. The summed E-state index contributed by atoms with van der Waals surface area (Å²) in [6.07, 6.45) is 1.03. The highest BCUT2D eigenvalue weighted by Crippen LogP contribution is 2.02. The van der Waals surface area contributed by atoms with Crippen LogP contribution in [0.2, 0.25) is 0 Å². The lowest BCUT2D eigenvalue weighted by Crippen LogP contribution is -2.02. The van der Waals surface area contributed by atoms with Gasteiger partial charge in [-0.1, -0.05) is 0 Å². The molecule has 8 nitrogen and oxygen atoms in total. The van der Waals surface area contributed by atoms with Gasteiger partial charge in [-0.15, -0.1) is 0 Å². The van der Waals surface area contributed by atoms with Crippen LogP contribution in [0, 0.1) is 10.8 Å². The molecule has 0 aliphatic heterocycles. The zero-order valence-electron chi connectivity index (χ0n) is 8.36. The van der Waals surface area contributed by atoms with Crippen molar-refractivity contribution in [3.05, 3.63) is 0 Å². The van der Waals surface area contributed by atoms with Gasteiger partial charge in [0.1, 0.15) is 12.0 Å². The van der Waals surface area contributed by atoms with Crippen molar-refractivity contribution in [2.75, 3.05) is 0 Å². The van der Waals surface area contributed by atoms with Crippen LogP contribution in [0.4, 0.5) is 0 Å².